The van der Waals surface area contributed by atoms with Crippen LogP contribution >= 0.6 is 0 Å². The van der Waals surface area contributed by atoms with Gasteiger partial charge in [-0.15, -0.1) is 0 Å². The van der Waals surface area contributed by atoms with Crippen molar-refractivity contribution in [1.29, 1.82) is 0 Å². The highest BCUT2D eigenvalue weighted by atomic mass is 16.6. The maximum absolute atomic E-state index is 5.52. The average Bonchev–Trinajstić information content (AvgIpc) is 2.81. The molecule has 1 fully saturated rings. The Balaban J connectivity index is 1.98. The second-order valence-electron chi connectivity index (χ2n) is 4.03. The van der Waals surface area contributed by atoms with Crippen molar-refractivity contribution >= 4 is 0 Å². The normalized spacial score (nSPS) is 27.5. The minimum Gasteiger partial charge on any atom is -0.370 e. The van der Waals surface area contributed by atoms with Crippen molar-refractivity contribution in [2.75, 3.05) is 6.61 Å². The van der Waals surface area contributed by atoms with Gasteiger partial charge in [-0.25, -0.2) is 0 Å². The van der Waals surface area contributed by atoms with E-state index in [1.165, 1.54) is 44.9 Å². The molecule has 1 heterocycles. The van der Waals surface area contributed by atoms with Crippen LogP contribution in [0.25, 0.3) is 0 Å². The largest absolute Gasteiger partial charge is 0.370 e. The lowest BCUT2D eigenvalue weighted by Crippen LogP contribution is -2.09. The van der Waals surface area contributed by atoms with Crippen molar-refractivity contribution in [3.8, 4) is 0 Å². The molecule has 1 atom stereocenters. The van der Waals surface area contributed by atoms with E-state index in [0.29, 0.717) is 5.60 Å². The number of rotatable bonds is 7. The van der Waals surface area contributed by atoms with Gasteiger partial charge < -0.3 is 4.74 Å². The van der Waals surface area contributed by atoms with Crippen LogP contribution in [0.5, 0.6) is 0 Å². The van der Waals surface area contributed by atoms with Crippen LogP contribution in [0, 0.1) is 0 Å². The molecule has 0 spiro atoms. The van der Waals surface area contributed by atoms with Gasteiger partial charge in [-0.2, -0.15) is 0 Å². The molecule has 1 aliphatic heterocycles. The van der Waals surface area contributed by atoms with E-state index >= 15 is 0 Å². The first-order valence-corrected chi connectivity index (χ1v) is 5.47. The van der Waals surface area contributed by atoms with Crippen LogP contribution in [0.4, 0.5) is 0 Å². The van der Waals surface area contributed by atoms with Crippen LogP contribution in [-0.4, -0.2) is 12.2 Å². The summed E-state index contributed by atoms with van der Waals surface area (Å²) in [6.07, 6.45) is 9.34. The van der Waals surface area contributed by atoms with Gasteiger partial charge in [0.05, 0.1) is 12.2 Å². The summed E-state index contributed by atoms with van der Waals surface area (Å²) >= 11 is 0. The Morgan fingerprint density at radius 1 is 1.00 bits per heavy atom. The van der Waals surface area contributed by atoms with Crippen LogP contribution in [0.15, 0.2) is 0 Å². The minimum absolute atomic E-state index is 0.350. The molecule has 0 N–H and O–H groups in total. The van der Waals surface area contributed by atoms with Gasteiger partial charge in [-0.3, -0.25) is 0 Å². The van der Waals surface area contributed by atoms with E-state index in [1.807, 2.05) is 0 Å². The lowest BCUT2D eigenvalue weighted by atomic mass is 9.97. The Morgan fingerprint density at radius 3 is 2.25 bits per heavy atom. The van der Waals surface area contributed by atoms with Gasteiger partial charge in [-0.1, -0.05) is 46.0 Å². The van der Waals surface area contributed by atoms with Crippen LogP contribution in [0.3, 0.4) is 0 Å². The van der Waals surface area contributed by atoms with Crippen molar-refractivity contribution in [2.24, 2.45) is 0 Å². The molecule has 1 heteroatoms. The van der Waals surface area contributed by atoms with Gasteiger partial charge in [0.15, 0.2) is 0 Å². The second kappa shape index (κ2) is 4.86. The maximum Gasteiger partial charge on any atom is 0.0916 e. The Morgan fingerprint density at radius 2 is 1.75 bits per heavy atom. The third kappa shape index (κ3) is 3.14. The van der Waals surface area contributed by atoms with E-state index in [9.17, 15) is 0 Å². The van der Waals surface area contributed by atoms with E-state index in [2.05, 4.69) is 13.8 Å². The van der Waals surface area contributed by atoms with E-state index in [4.69, 9.17) is 4.74 Å². The standard InChI is InChI=1S/C11H22O/c1-3-5-6-7-9-11(8-4-2)10-12-11/h3-10H2,1-2H3. The maximum atomic E-state index is 5.52. The zero-order valence-electron chi connectivity index (χ0n) is 8.57. The van der Waals surface area contributed by atoms with E-state index in [0.717, 1.165) is 6.61 Å². The van der Waals surface area contributed by atoms with Crippen molar-refractivity contribution < 1.29 is 4.74 Å². The molecule has 1 rings (SSSR count). The Kier molecular flexibility index (Phi) is 4.07. The topological polar surface area (TPSA) is 12.5 Å². The van der Waals surface area contributed by atoms with Gasteiger partial charge in [0.25, 0.3) is 0 Å². The van der Waals surface area contributed by atoms with E-state index in [-0.39, 0.29) is 0 Å². The molecular weight excluding hydrogens is 148 g/mol. The van der Waals surface area contributed by atoms with Crippen LogP contribution in [-0.2, 0) is 4.74 Å². The first-order chi connectivity index (χ1) is 5.83. The summed E-state index contributed by atoms with van der Waals surface area (Å²) in [4.78, 5) is 0. The molecule has 0 saturated carbocycles. The highest BCUT2D eigenvalue weighted by Crippen LogP contribution is 2.37. The van der Waals surface area contributed by atoms with Crippen molar-refractivity contribution in [3.63, 3.8) is 0 Å². The molecule has 0 amide bonds. The molecule has 1 unspecified atom stereocenters. The Hall–Kier alpha value is -0.0400. The summed E-state index contributed by atoms with van der Waals surface area (Å²) in [6, 6.07) is 0. The molecule has 0 aliphatic carbocycles. The van der Waals surface area contributed by atoms with E-state index < -0.39 is 0 Å². The third-order valence-electron chi connectivity index (χ3n) is 2.74. The fourth-order valence-electron chi connectivity index (χ4n) is 1.85. The van der Waals surface area contributed by atoms with Crippen LogP contribution in [0.1, 0.15) is 58.8 Å². The SMILES string of the molecule is CCCCCCC1(CCC)CO1. The average molecular weight is 170 g/mol. The molecule has 0 aromatic carbocycles. The van der Waals surface area contributed by atoms with Gasteiger partial charge >= 0.3 is 0 Å². The number of ether oxygens (including phenoxy) is 1. The number of hydrogen-bond acceptors (Lipinski definition) is 1. The molecule has 0 radical (unpaired) electrons. The van der Waals surface area contributed by atoms with Gasteiger partial charge in [0, 0.05) is 0 Å². The molecule has 0 bridgehead atoms. The minimum atomic E-state index is 0.350. The van der Waals surface area contributed by atoms with Crippen LogP contribution in [0.2, 0.25) is 0 Å². The molecule has 1 nitrogen and oxygen atoms in total. The molecule has 72 valence electrons. The first kappa shape index (κ1) is 10.0. The lowest BCUT2D eigenvalue weighted by Gasteiger charge is -2.09. The molecule has 0 aromatic rings. The summed E-state index contributed by atoms with van der Waals surface area (Å²) in [5.74, 6) is 0. The molecule has 1 aliphatic rings. The fourth-order valence-corrected chi connectivity index (χ4v) is 1.85. The number of hydrogen-bond donors (Lipinski definition) is 0. The Labute approximate surface area is 76.5 Å². The van der Waals surface area contributed by atoms with Gasteiger partial charge in [0.1, 0.15) is 0 Å². The monoisotopic (exact) mass is 170 g/mol. The summed E-state index contributed by atoms with van der Waals surface area (Å²) in [5, 5.41) is 0. The van der Waals surface area contributed by atoms with Gasteiger partial charge in [0.2, 0.25) is 0 Å². The van der Waals surface area contributed by atoms with Crippen molar-refractivity contribution in [1.82, 2.24) is 0 Å². The molecule has 1 saturated heterocycles. The van der Waals surface area contributed by atoms with E-state index in [1.54, 1.807) is 0 Å². The molecule has 0 aromatic heterocycles. The predicted molar refractivity (Wildman–Crippen MR) is 52.4 cm³/mol. The van der Waals surface area contributed by atoms with Crippen molar-refractivity contribution in [2.45, 2.75) is 64.4 Å². The van der Waals surface area contributed by atoms with Gasteiger partial charge in [-0.05, 0) is 12.8 Å². The zero-order valence-corrected chi connectivity index (χ0v) is 8.57. The Bertz CT molecular complexity index is 116. The summed E-state index contributed by atoms with van der Waals surface area (Å²) in [7, 11) is 0. The first-order valence-electron chi connectivity index (χ1n) is 5.47. The highest BCUT2D eigenvalue weighted by molar-refractivity contribution is 4.91. The second-order valence-corrected chi connectivity index (χ2v) is 4.03. The summed E-state index contributed by atoms with van der Waals surface area (Å²) < 4.78 is 5.52. The quantitative estimate of drug-likeness (QED) is 0.420. The zero-order chi connectivity index (χ0) is 8.86. The smallest absolute Gasteiger partial charge is 0.0916 e. The summed E-state index contributed by atoms with van der Waals surface area (Å²) in [6.45, 7) is 5.54. The fraction of sp³-hybridized carbons (Fsp3) is 1.00. The lowest BCUT2D eigenvalue weighted by molar-refractivity contribution is 0.265. The number of epoxide rings is 1. The summed E-state index contributed by atoms with van der Waals surface area (Å²) in [5.41, 5.74) is 0.350. The third-order valence-corrected chi connectivity index (χ3v) is 2.74. The number of unbranched alkanes of at least 4 members (excludes halogenated alkanes) is 3. The van der Waals surface area contributed by atoms with Crippen LogP contribution < -0.4 is 0 Å². The predicted octanol–water partition coefficient (Wildman–Crippen LogP) is 3.53. The highest BCUT2D eigenvalue weighted by Gasteiger charge is 2.42. The molecular formula is C11H22O. The molecule has 12 heavy (non-hydrogen) atoms. The van der Waals surface area contributed by atoms with Crippen molar-refractivity contribution in [3.05, 3.63) is 0 Å².